The highest BCUT2D eigenvalue weighted by atomic mass is 35.5. The fourth-order valence-corrected chi connectivity index (χ4v) is 1.82. The number of imidazole rings is 1. The Hall–Kier alpha value is -1.81. The summed E-state index contributed by atoms with van der Waals surface area (Å²) in [6.45, 7) is 6.15. The van der Waals surface area contributed by atoms with E-state index in [0.717, 1.165) is 5.69 Å². The van der Waals surface area contributed by atoms with E-state index in [4.69, 9.17) is 11.6 Å². The highest BCUT2D eigenvalue weighted by Gasteiger charge is 2.10. The van der Waals surface area contributed by atoms with Crippen LogP contribution >= 0.6 is 11.6 Å². The van der Waals surface area contributed by atoms with E-state index in [1.165, 1.54) is 6.07 Å². The zero-order valence-electron chi connectivity index (χ0n) is 9.95. The van der Waals surface area contributed by atoms with E-state index in [-0.39, 0.29) is 5.02 Å². The van der Waals surface area contributed by atoms with E-state index >= 15 is 0 Å². The van der Waals surface area contributed by atoms with Gasteiger partial charge in [-0.2, -0.15) is 0 Å². The molecule has 2 aromatic rings. The number of aryl methyl sites for hydroxylation is 1. The summed E-state index contributed by atoms with van der Waals surface area (Å²) in [5, 5.41) is 3.01. The van der Waals surface area contributed by atoms with Crippen molar-refractivity contribution in [2.45, 2.75) is 13.5 Å². The van der Waals surface area contributed by atoms with Crippen LogP contribution in [0.2, 0.25) is 5.02 Å². The van der Waals surface area contributed by atoms with Gasteiger partial charge in [-0.15, -0.1) is 6.58 Å². The van der Waals surface area contributed by atoms with Crippen molar-refractivity contribution in [3.8, 4) is 0 Å². The number of nitrogens with one attached hydrogen (secondary N) is 1. The minimum absolute atomic E-state index is 0.0820. The first-order valence-corrected chi connectivity index (χ1v) is 5.85. The van der Waals surface area contributed by atoms with Crippen LogP contribution in [-0.4, -0.2) is 9.55 Å². The summed E-state index contributed by atoms with van der Waals surface area (Å²) in [5.74, 6) is 0.0820. The summed E-state index contributed by atoms with van der Waals surface area (Å²) in [6.07, 6.45) is 3.62. The average molecular weight is 266 g/mol. The number of rotatable bonds is 4. The molecule has 18 heavy (non-hydrogen) atoms. The molecule has 1 heterocycles. The lowest BCUT2D eigenvalue weighted by Crippen LogP contribution is -2.03. The molecular formula is C13H13ClFN3. The molecule has 0 fully saturated rings. The van der Waals surface area contributed by atoms with Crippen LogP contribution in [0.5, 0.6) is 0 Å². The summed E-state index contributed by atoms with van der Waals surface area (Å²) < 4.78 is 15.6. The summed E-state index contributed by atoms with van der Waals surface area (Å²) in [5.41, 5.74) is 1.15. The third-order valence-electron chi connectivity index (χ3n) is 2.42. The van der Waals surface area contributed by atoms with Crippen molar-refractivity contribution >= 4 is 23.2 Å². The van der Waals surface area contributed by atoms with Crippen molar-refractivity contribution in [1.29, 1.82) is 0 Å². The molecule has 1 aromatic carbocycles. The van der Waals surface area contributed by atoms with Crippen molar-refractivity contribution in [3.63, 3.8) is 0 Å². The molecule has 0 saturated heterocycles. The first-order chi connectivity index (χ1) is 8.61. The van der Waals surface area contributed by atoms with Gasteiger partial charge in [0.1, 0.15) is 0 Å². The third-order valence-corrected chi connectivity index (χ3v) is 2.71. The highest BCUT2D eigenvalue weighted by Crippen LogP contribution is 2.25. The molecule has 0 aliphatic rings. The first kappa shape index (κ1) is 12.6. The Morgan fingerprint density at radius 1 is 1.56 bits per heavy atom. The van der Waals surface area contributed by atoms with Crippen LogP contribution in [0, 0.1) is 12.7 Å². The average Bonchev–Trinajstić information content (AvgIpc) is 2.66. The summed E-state index contributed by atoms with van der Waals surface area (Å²) in [6, 6.07) is 4.80. The highest BCUT2D eigenvalue weighted by molar-refractivity contribution is 6.31. The Labute approximate surface area is 110 Å². The molecule has 0 aliphatic carbocycles. The maximum Gasteiger partial charge on any atom is 0.207 e. The van der Waals surface area contributed by atoms with E-state index in [1.807, 2.05) is 17.7 Å². The molecule has 1 aromatic heterocycles. The lowest BCUT2D eigenvalue weighted by Gasteiger charge is -2.09. The van der Waals surface area contributed by atoms with Gasteiger partial charge < -0.3 is 9.88 Å². The zero-order chi connectivity index (χ0) is 13.1. The summed E-state index contributed by atoms with van der Waals surface area (Å²) >= 11 is 5.73. The van der Waals surface area contributed by atoms with Gasteiger partial charge >= 0.3 is 0 Å². The van der Waals surface area contributed by atoms with E-state index in [9.17, 15) is 4.39 Å². The van der Waals surface area contributed by atoms with Gasteiger partial charge in [0, 0.05) is 12.7 Å². The molecule has 0 radical (unpaired) electrons. The first-order valence-electron chi connectivity index (χ1n) is 5.47. The molecule has 0 aliphatic heterocycles. The minimum atomic E-state index is -0.482. The number of hydrogen-bond donors (Lipinski definition) is 1. The van der Waals surface area contributed by atoms with E-state index in [2.05, 4.69) is 16.9 Å². The Morgan fingerprint density at radius 2 is 2.33 bits per heavy atom. The molecule has 1 N–H and O–H groups in total. The predicted molar refractivity (Wildman–Crippen MR) is 71.9 cm³/mol. The van der Waals surface area contributed by atoms with Crippen molar-refractivity contribution in [2.75, 3.05) is 5.32 Å². The van der Waals surface area contributed by atoms with Crippen LogP contribution in [0.15, 0.2) is 37.1 Å². The van der Waals surface area contributed by atoms with Gasteiger partial charge in [0.25, 0.3) is 0 Å². The molecule has 0 amide bonds. The molecule has 0 atom stereocenters. The van der Waals surface area contributed by atoms with Crippen LogP contribution in [0.25, 0.3) is 0 Å². The molecular weight excluding hydrogens is 253 g/mol. The van der Waals surface area contributed by atoms with Crippen molar-refractivity contribution in [2.24, 2.45) is 0 Å². The Kier molecular flexibility index (Phi) is 3.67. The molecule has 2 rings (SSSR count). The van der Waals surface area contributed by atoms with Gasteiger partial charge in [-0.25, -0.2) is 9.37 Å². The summed E-state index contributed by atoms with van der Waals surface area (Å²) in [4.78, 5) is 4.29. The number of anilines is 2. The van der Waals surface area contributed by atoms with Gasteiger partial charge in [-0.05, 0) is 19.1 Å². The smallest absolute Gasteiger partial charge is 0.207 e. The lowest BCUT2D eigenvalue weighted by atomic mass is 10.3. The number of nitrogens with zero attached hydrogens (tertiary/aromatic N) is 2. The monoisotopic (exact) mass is 265 g/mol. The molecule has 94 valence electrons. The van der Waals surface area contributed by atoms with Gasteiger partial charge in [0.15, 0.2) is 5.82 Å². The second-order valence-electron chi connectivity index (χ2n) is 3.87. The topological polar surface area (TPSA) is 29.9 Å². The van der Waals surface area contributed by atoms with Crippen molar-refractivity contribution < 1.29 is 4.39 Å². The Bertz CT molecular complexity index is 578. The van der Waals surface area contributed by atoms with E-state index < -0.39 is 5.82 Å². The van der Waals surface area contributed by atoms with Crippen LogP contribution in [-0.2, 0) is 6.54 Å². The van der Waals surface area contributed by atoms with Gasteiger partial charge in [-0.3, -0.25) is 0 Å². The maximum absolute atomic E-state index is 13.8. The van der Waals surface area contributed by atoms with Crippen LogP contribution < -0.4 is 5.32 Å². The van der Waals surface area contributed by atoms with Crippen LogP contribution in [0.3, 0.4) is 0 Å². The number of hydrogen-bond acceptors (Lipinski definition) is 2. The largest absolute Gasteiger partial charge is 0.323 e. The fraction of sp³-hybridized carbons (Fsp3) is 0.154. The standard InChI is InChI=1S/C13H13ClFN3/c1-3-7-18-8-9(2)16-13(18)17-11-6-4-5-10(14)12(11)15/h3-6,8H,1,7H2,2H3,(H,16,17). The normalized spacial score (nSPS) is 10.4. The molecule has 3 nitrogen and oxygen atoms in total. The fourth-order valence-electron chi connectivity index (χ4n) is 1.65. The summed E-state index contributed by atoms with van der Waals surface area (Å²) in [7, 11) is 0. The van der Waals surface area contributed by atoms with E-state index in [1.54, 1.807) is 18.2 Å². The molecule has 5 heteroatoms. The number of benzene rings is 1. The quantitative estimate of drug-likeness (QED) is 0.850. The lowest BCUT2D eigenvalue weighted by molar-refractivity contribution is 0.631. The Balaban J connectivity index is 2.33. The predicted octanol–water partition coefficient (Wildman–Crippen LogP) is 3.91. The van der Waals surface area contributed by atoms with Gasteiger partial charge in [-0.1, -0.05) is 23.7 Å². The SMILES string of the molecule is C=CCn1cc(C)nc1Nc1cccc(Cl)c1F. The second-order valence-corrected chi connectivity index (χ2v) is 4.28. The molecule has 0 bridgehead atoms. The third kappa shape index (κ3) is 2.54. The van der Waals surface area contributed by atoms with Gasteiger partial charge in [0.05, 0.1) is 16.4 Å². The number of halogens is 2. The molecule has 0 spiro atoms. The van der Waals surface area contributed by atoms with Crippen LogP contribution in [0.1, 0.15) is 5.69 Å². The van der Waals surface area contributed by atoms with Crippen molar-refractivity contribution in [3.05, 3.63) is 53.6 Å². The van der Waals surface area contributed by atoms with Crippen LogP contribution in [0.4, 0.5) is 16.0 Å². The minimum Gasteiger partial charge on any atom is -0.323 e. The van der Waals surface area contributed by atoms with E-state index in [0.29, 0.717) is 18.2 Å². The maximum atomic E-state index is 13.8. The molecule has 0 unspecified atom stereocenters. The van der Waals surface area contributed by atoms with Gasteiger partial charge in [0.2, 0.25) is 5.95 Å². The number of allylic oxidation sites excluding steroid dienone is 1. The zero-order valence-corrected chi connectivity index (χ0v) is 10.7. The Morgan fingerprint density at radius 3 is 3.06 bits per heavy atom. The second kappa shape index (κ2) is 5.23. The molecule has 0 saturated carbocycles. The number of aromatic nitrogens is 2. The van der Waals surface area contributed by atoms with Crippen molar-refractivity contribution in [1.82, 2.24) is 9.55 Å².